The summed E-state index contributed by atoms with van der Waals surface area (Å²) in [5, 5.41) is 0. The van der Waals surface area contributed by atoms with Crippen LogP contribution in [0.3, 0.4) is 0 Å². The highest BCUT2D eigenvalue weighted by Crippen LogP contribution is 2.25. The maximum atomic E-state index is 4.30. The molecule has 1 N–H and O–H groups in total. The number of nitrogens with one attached hydrogen (secondary N) is 1. The van der Waals surface area contributed by atoms with Crippen LogP contribution in [0.5, 0.6) is 0 Å². The van der Waals surface area contributed by atoms with Crippen molar-refractivity contribution < 1.29 is 0 Å². The number of H-pyrrole nitrogens is 1. The van der Waals surface area contributed by atoms with Crippen LogP contribution >= 0.6 is 15.9 Å². The van der Waals surface area contributed by atoms with E-state index in [2.05, 4.69) is 39.7 Å². The van der Waals surface area contributed by atoms with E-state index >= 15 is 0 Å². The number of aromatic nitrogens is 2. The molecule has 0 radical (unpaired) electrons. The first-order valence-electron chi connectivity index (χ1n) is 3.79. The summed E-state index contributed by atoms with van der Waals surface area (Å²) in [5.41, 5.74) is 4.56. The van der Waals surface area contributed by atoms with Gasteiger partial charge in [-0.1, -0.05) is 0 Å². The van der Waals surface area contributed by atoms with Crippen molar-refractivity contribution in [3.05, 3.63) is 28.0 Å². The fraction of sp³-hybridized carbons (Fsp3) is 0.222. The predicted octanol–water partition coefficient (Wildman–Crippen LogP) is 2.94. The lowest BCUT2D eigenvalue weighted by Crippen LogP contribution is -1.76. The zero-order valence-electron chi connectivity index (χ0n) is 6.98. The molecule has 0 unspecified atom stereocenters. The normalized spacial score (nSPS) is 10.9. The van der Waals surface area contributed by atoms with E-state index in [0.29, 0.717) is 0 Å². The van der Waals surface area contributed by atoms with Crippen LogP contribution in [0.15, 0.2) is 16.7 Å². The zero-order chi connectivity index (χ0) is 8.72. The van der Waals surface area contributed by atoms with Gasteiger partial charge in [-0.15, -0.1) is 0 Å². The minimum atomic E-state index is 1.06. The van der Waals surface area contributed by atoms with Gasteiger partial charge in [0.25, 0.3) is 0 Å². The summed E-state index contributed by atoms with van der Waals surface area (Å²) in [4.78, 5) is 7.59. The maximum Gasteiger partial charge on any atom is 0.0922 e. The number of pyridine rings is 1. The van der Waals surface area contributed by atoms with Crippen LogP contribution in [0, 0.1) is 13.8 Å². The van der Waals surface area contributed by atoms with Gasteiger partial charge in [0.1, 0.15) is 0 Å². The summed E-state index contributed by atoms with van der Waals surface area (Å²) in [6, 6.07) is 1.94. The first-order valence-corrected chi connectivity index (χ1v) is 4.59. The second-order valence-corrected chi connectivity index (χ2v) is 3.75. The van der Waals surface area contributed by atoms with Gasteiger partial charge in [-0.3, -0.25) is 4.98 Å². The van der Waals surface area contributed by atoms with Gasteiger partial charge in [0.15, 0.2) is 0 Å². The molecule has 2 aromatic rings. The highest BCUT2D eigenvalue weighted by Gasteiger charge is 2.06. The predicted molar refractivity (Wildman–Crippen MR) is 53.3 cm³/mol. The molecule has 2 nitrogen and oxygen atoms in total. The van der Waals surface area contributed by atoms with Crippen molar-refractivity contribution in [3.8, 4) is 0 Å². The first kappa shape index (κ1) is 7.80. The smallest absolute Gasteiger partial charge is 0.0922 e. The molecule has 2 aromatic heterocycles. The molecule has 0 spiro atoms. The van der Waals surface area contributed by atoms with Gasteiger partial charge in [0.05, 0.1) is 11.0 Å². The molecule has 0 fully saturated rings. The van der Waals surface area contributed by atoms with Gasteiger partial charge in [-0.2, -0.15) is 0 Å². The number of rotatable bonds is 0. The Morgan fingerprint density at radius 2 is 2.17 bits per heavy atom. The Morgan fingerprint density at radius 1 is 1.42 bits per heavy atom. The second kappa shape index (κ2) is 2.59. The standard InChI is InChI=1S/C9H9BrN2/c1-5-6(2)12-9-7(10)3-4-11-8(5)9/h3-4,12H,1-2H3. The third-order valence-electron chi connectivity index (χ3n) is 2.13. The summed E-state index contributed by atoms with van der Waals surface area (Å²) in [7, 11) is 0. The summed E-state index contributed by atoms with van der Waals surface area (Å²) >= 11 is 3.47. The molecule has 0 saturated carbocycles. The molecule has 3 heteroatoms. The van der Waals surface area contributed by atoms with Gasteiger partial charge in [-0.25, -0.2) is 0 Å². The van der Waals surface area contributed by atoms with Gasteiger partial charge in [-0.05, 0) is 41.4 Å². The van der Waals surface area contributed by atoms with Crippen molar-refractivity contribution in [3.63, 3.8) is 0 Å². The molecule has 12 heavy (non-hydrogen) atoms. The number of hydrogen-bond donors (Lipinski definition) is 1. The highest BCUT2D eigenvalue weighted by atomic mass is 79.9. The molecule has 0 amide bonds. The monoisotopic (exact) mass is 224 g/mol. The van der Waals surface area contributed by atoms with Crippen LogP contribution in [-0.4, -0.2) is 9.97 Å². The number of nitrogens with zero attached hydrogens (tertiary/aromatic N) is 1. The van der Waals surface area contributed by atoms with E-state index in [0.717, 1.165) is 15.5 Å². The lowest BCUT2D eigenvalue weighted by molar-refractivity contribution is 1.25. The fourth-order valence-corrected chi connectivity index (χ4v) is 1.71. The van der Waals surface area contributed by atoms with Crippen molar-refractivity contribution >= 4 is 27.0 Å². The molecular formula is C9H9BrN2. The number of halogens is 1. The minimum absolute atomic E-state index is 1.06. The Labute approximate surface area is 79.1 Å². The van der Waals surface area contributed by atoms with Gasteiger partial charge in [0, 0.05) is 16.4 Å². The minimum Gasteiger partial charge on any atom is -0.356 e. The van der Waals surface area contributed by atoms with E-state index in [1.54, 1.807) is 0 Å². The Kier molecular flexibility index (Phi) is 1.68. The summed E-state index contributed by atoms with van der Waals surface area (Å²) in [6.45, 7) is 4.14. The van der Waals surface area contributed by atoms with E-state index < -0.39 is 0 Å². The Balaban J connectivity index is 2.95. The topological polar surface area (TPSA) is 28.7 Å². The van der Waals surface area contributed by atoms with E-state index in [1.165, 1.54) is 11.3 Å². The average molecular weight is 225 g/mol. The van der Waals surface area contributed by atoms with E-state index in [9.17, 15) is 0 Å². The van der Waals surface area contributed by atoms with Gasteiger partial charge >= 0.3 is 0 Å². The first-order chi connectivity index (χ1) is 5.70. The van der Waals surface area contributed by atoms with Crippen LogP contribution in [0.1, 0.15) is 11.3 Å². The van der Waals surface area contributed by atoms with Crippen molar-refractivity contribution in [1.82, 2.24) is 9.97 Å². The van der Waals surface area contributed by atoms with Crippen LogP contribution in [0.4, 0.5) is 0 Å². The lowest BCUT2D eigenvalue weighted by Gasteiger charge is -1.91. The SMILES string of the molecule is Cc1[nH]c2c(Br)ccnc2c1C. The molecule has 0 atom stereocenters. The largest absolute Gasteiger partial charge is 0.356 e. The number of aromatic amines is 1. The molecule has 62 valence electrons. The molecule has 2 heterocycles. The number of aryl methyl sites for hydroxylation is 2. The third kappa shape index (κ3) is 0.966. The number of hydrogen-bond acceptors (Lipinski definition) is 1. The fourth-order valence-electron chi connectivity index (χ4n) is 1.30. The van der Waals surface area contributed by atoms with Crippen LogP contribution in [-0.2, 0) is 0 Å². The molecule has 0 aliphatic carbocycles. The summed E-state index contributed by atoms with van der Waals surface area (Å²) in [6.07, 6.45) is 1.81. The van der Waals surface area contributed by atoms with Crippen LogP contribution < -0.4 is 0 Å². The van der Waals surface area contributed by atoms with Crippen molar-refractivity contribution in [2.45, 2.75) is 13.8 Å². The van der Waals surface area contributed by atoms with E-state index in [-0.39, 0.29) is 0 Å². The second-order valence-electron chi connectivity index (χ2n) is 2.89. The van der Waals surface area contributed by atoms with Gasteiger partial charge < -0.3 is 4.98 Å². The molecule has 0 aliphatic rings. The Morgan fingerprint density at radius 3 is 2.83 bits per heavy atom. The molecule has 2 rings (SSSR count). The third-order valence-corrected chi connectivity index (χ3v) is 2.79. The molecule has 0 aliphatic heterocycles. The van der Waals surface area contributed by atoms with Gasteiger partial charge in [0.2, 0.25) is 0 Å². The Hall–Kier alpha value is -0.830. The van der Waals surface area contributed by atoms with Crippen molar-refractivity contribution in [2.75, 3.05) is 0 Å². The molecule has 0 aromatic carbocycles. The van der Waals surface area contributed by atoms with E-state index in [1.807, 2.05) is 12.3 Å². The van der Waals surface area contributed by atoms with Crippen LogP contribution in [0.25, 0.3) is 11.0 Å². The summed E-state index contributed by atoms with van der Waals surface area (Å²) in [5.74, 6) is 0. The quantitative estimate of drug-likeness (QED) is 0.733. The highest BCUT2D eigenvalue weighted by molar-refractivity contribution is 9.10. The molecule has 0 saturated heterocycles. The van der Waals surface area contributed by atoms with Crippen molar-refractivity contribution in [2.24, 2.45) is 0 Å². The average Bonchev–Trinajstić information content (AvgIpc) is 2.32. The Bertz CT molecular complexity index is 431. The van der Waals surface area contributed by atoms with E-state index in [4.69, 9.17) is 0 Å². The summed E-state index contributed by atoms with van der Waals surface area (Å²) < 4.78 is 1.07. The molecule has 0 bridgehead atoms. The number of fused-ring (bicyclic) bond motifs is 1. The van der Waals surface area contributed by atoms with Crippen LogP contribution in [0.2, 0.25) is 0 Å². The molecular weight excluding hydrogens is 216 g/mol. The van der Waals surface area contributed by atoms with Crippen molar-refractivity contribution in [1.29, 1.82) is 0 Å². The maximum absolute atomic E-state index is 4.30. The lowest BCUT2D eigenvalue weighted by atomic mass is 10.2. The zero-order valence-corrected chi connectivity index (χ0v) is 8.57.